The van der Waals surface area contributed by atoms with Crippen molar-refractivity contribution in [2.75, 3.05) is 11.1 Å². The SMILES string of the molecule is CCn1c(SCC(=O)Nc2ccc(CC(C)=O)cc2)nnc1-c1cnc2ncn(C)c2c1. The fourth-order valence-corrected chi connectivity index (χ4v) is 4.15. The third-order valence-corrected chi connectivity index (χ3v) is 5.86. The Morgan fingerprint density at radius 3 is 2.62 bits per heavy atom. The predicted molar refractivity (Wildman–Crippen MR) is 123 cm³/mol. The number of carbonyl (C=O) groups excluding carboxylic acids is 2. The lowest BCUT2D eigenvalue weighted by Gasteiger charge is -2.08. The molecular weight excluding hydrogens is 426 g/mol. The molecule has 1 N–H and O–H groups in total. The van der Waals surface area contributed by atoms with E-state index in [1.807, 2.05) is 41.3 Å². The maximum absolute atomic E-state index is 12.4. The zero-order chi connectivity index (χ0) is 22.7. The van der Waals surface area contributed by atoms with Crippen molar-refractivity contribution in [3.8, 4) is 11.4 Å². The van der Waals surface area contributed by atoms with Gasteiger partial charge in [0.1, 0.15) is 5.78 Å². The van der Waals surface area contributed by atoms with Crippen molar-refractivity contribution in [2.45, 2.75) is 32.0 Å². The molecule has 0 aliphatic heterocycles. The molecule has 0 spiro atoms. The number of imidazole rings is 1. The van der Waals surface area contributed by atoms with Gasteiger partial charge in [-0.05, 0) is 37.6 Å². The zero-order valence-corrected chi connectivity index (χ0v) is 18.9. The molecule has 1 amide bonds. The number of aromatic nitrogens is 6. The normalized spacial score (nSPS) is 11.1. The van der Waals surface area contributed by atoms with E-state index in [9.17, 15) is 9.59 Å². The number of hydrogen-bond acceptors (Lipinski definition) is 7. The molecule has 32 heavy (non-hydrogen) atoms. The third-order valence-electron chi connectivity index (χ3n) is 4.89. The molecule has 0 unspecified atom stereocenters. The highest BCUT2D eigenvalue weighted by atomic mass is 32.2. The van der Waals surface area contributed by atoms with Crippen LogP contribution >= 0.6 is 11.8 Å². The third kappa shape index (κ3) is 4.70. The van der Waals surface area contributed by atoms with Crippen molar-refractivity contribution >= 4 is 40.3 Å². The topological polar surface area (TPSA) is 108 Å². The van der Waals surface area contributed by atoms with Crippen LogP contribution in [-0.2, 0) is 29.6 Å². The summed E-state index contributed by atoms with van der Waals surface area (Å²) in [6.07, 6.45) is 3.85. The fourth-order valence-electron chi connectivity index (χ4n) is 3.35. The number of benzene rings is 1. The minimum Gasteiger partial charge on any atom is -0.332 e. The molecule has 164 valence electrons. The van der Waals surface area contributed by atoms with Crippen LogP contribution < -0.4 is 5.32 Å². The van der Waals surface area contributed by atoms with E-state index >= 15 is 0 Å². The summed E-state index contributed by atoms with van der Waals surface area (Å²) in [5.74, 6) is 0.868. The summed E-state index contributed by atoms with van der Waals surface area (Å²) in [4.78, 5) is 32.3. The van der Waals surface area contributed by atoms with Crippen molar-refractivity contribution < 1.29 is 9.59 Å². The van der Waals surface area contributed by atoms with Gasteiger partial charge < -0.3 is 14.5 Å². The summed E-state index contributed by atoms with van der Waals surface area (Å²) in [7, 11) is 1.92. The maximum Gasteiger partial charge on any atom is 0.234 e. The maximum atomic E-state index is 12.4. The van der Waals surface area contributed by atoms with E-state index in [4.69, 9.17) is 0 Å². The number of thioether (sulfide) groups is 1. The molecule has 0 radical (unpaired) electrons. The van der Waals surface area contributed by atoms with Gasteiger partial charge in [-0.3, -0.25) is 9.59 Å². The molecule has 0 atom stereocenters. The number of aryl methyl sites for hydroxylation is 1. The number of rotatable bonds is 8. The summed E-state index contributed by atoms with van der Waals surface area (Å²) in [6.45, 7) is 4.23. The van der Waals surface area contributed by atoms with Gasteiger partial charge in [0.25, 0.3) is 0 Å². The van der Waals surface area contributed by atoms with E-state index < -0.39 is 0 Å². The van der Waals surface area contributed by atoms with Crippen molar-refractivity contribution in [2.24, 2.45) is 7.05 Å². The average molecular weight is 450 g/mol. The minimum atomic E-state index is -0.139. The van der Waals surface area contributed by atoms with Crippen LogP contribution in [0.25, 0.3) is 22.6 Å². The minimum absolute atomic E-state index is 0.105. The first kappa shape index (κ1) is 21.7. The van der Waals surface area contributed by atoms with Crippen LogP contribution in [-0.4, -0.2) is 46.7 Å². The highest BCUT2D eigenvalue weighted by Crippen LogP contribution is 2.25. The Morgan fingerprint density at radius 2 is 1.91 bits per heavy atom. The summed E-state index contributed by atoms with van der Waals surface area (Å²) >= 11 is 1.33. The lowest BCUT2D eigenvalue weighted by atomic mass is 10.1. The van der Waals surface area contributed by atoms with Gasteiger partial charge in [-0.1, -0.05) is 23.9 Å². The lowest BCUT2D eigenvalue weighted by molar-refractivity contribution is -0.116. The molecule has 0 saturated carbocycles. The van der Waals surface area contributed by atoms with E-state index in [-0.39, 0.29) is 17.4 Å². The van der Waals surface area contributed by atoms with E-state index in [0.29, 0.717) is 35.3 Å². The van der Waals surface area contributed by atoms with Crippen LogP contribution in [0.4, 0.5) is 5.69 Å². The fraction of sp³-hybridized carbons (Fsp3) is 0.273. The van der Waals surface area contributed by atoms with E-state index in [2.05, 4.69) is 25.5 Å². The Bertz CT molecular complexity index is 1280. The van der Waals surface area contributed by atoms with E-state index in [1.54, 1.807) is 31.6 Å². The van der Waals surface area contributed by atoms with Crippen LogP contribution in [0.2, 0.25) is 0 Å². The summed E-state index contributed by atoms with van der Waals surface area (Å²) in [5, 5.41) is 12.2. The number of anilines is 1. The smallest absolute Gasteiger partial charge is 0.234 e. The van der Waals surface area contributed by atoms with Gasteiger partial charge in [-0.2, -0.15) is 0 Å². The molecule has 10 heteroatoms. The predicted octanol–water partition coefficient (Wildman–Crippen LogP) is 3.11. The lowest BCUT2D eigenvalue weighted by Crippen LogP contribution is -2.14. The summed E-state index contributed by atoms with van der Waals surface area (Å²) in [6, 6.07) is 9.28. The first-order valence-electron chi connectivity index (χ1n) is 10.2. The Morgan fingerprint density at radius 1 is 1.12 bits per heavy atom. The molecule has 4 rings (SSSR count). The Kier molecular flexibility index (Phi) is 6.31. The van der Waals surface area contributed by atoms with Gasteiger partial charge in [0.15, 0.2) is 16.6 Å². The molecule has 0 aliphatic rings. The van der Waals surface area contributed by atoms with Crippen LogP contribution in [0, 0.1) is 0 Å². The van der Waals surface area contributed by atoms with Gasteiger partial charge in [0, 0.05) is 37.5 Å². The summed E-state index contributed by atoms with van der Waals surface area (Å²) in [5.41, 5.74) is 4.05. The molecule has 0 bridgehead atoms. The van der Waals surface area contributed by atoms with Gasteiger partial charge in [-0.25, -0.2) is 9.97 Å². The van der Waals surface area contributed by atoms with Crippen LogP contribution in [0.15, 0.2) is 48.0 Å². The number of Topliss-reactive ketones (excluding diaryl/α,β-unsaturated/α-hetero) is 1. The van der Waals surface area contributed by atoms with Crippen molar-refractivity contribution in [1.29, 1.82) is 0 Å². The molecule has 4 aromatic rings. The van der Waals surface area contributed by atoms with Crippen LogP contribution in [0.1, 0.15) is 19.4 Å². The number of hydrogen-bond donors (Lipinski definition) is 1. The average Bonchev–Trinajstić information content (AvgIpc) is 3.36. The van der Waals surface area contributed by atoms with Crippen LogP contribution in [0.5, 0.6) is 0 Å². The highest BCUT2D eigenvalue weighted by molar-refractivity contribution is 7.99. The number of pyridine rings is 1. The number of ketones is 1. The van der Waals surface area contributed by atoms with Gasteiger partial charge in [0.2, 0.25) is 5.91 Å². The second-order valence-electron chi connectivity index (χ2n) is 7.39. The molecule has 1 aromatic carbocycles. The summed E-state index contributed by atoms with van der Waals surface area (Å²) < 4.78 is 3.87. The number of nitrogens with one attached hydrogen (secondary N) is 1. The van der Waals surface area contributed by atoms with Gasteiger partial charge in [-0.15, -0.1) is 10.2 Å². The van der Waals surface area contributed by atoms with Gasteiger partial charge >= 0.3 is 0 Å². The van der Waals surface area contributed by atoms with Crippen molar-refractivity contribution in [3.63, 3.8) is 0 Å². The first-order chi connectivity index (χ1) is 15.4. The van der Waals surface area contributed by atoms with Crippen LogP contribution in [0.3, 0.4) is 0 Å². The monoisotopic (exact) mass is 449 g/mol. The largest absolute Gasteiger partial charge is 0.332 e. The van der Waals surface area contributed by atoms with E-state index in [0.717, 1.165) is 16.6 Å². The number of fused-ring (bicyclic) bond motifs is 1. The molecular formula is C22H23N7O2S. The Labute approximate surface area is 189 Å². The Hall–Kier alpha value is -3.53. The molecule has 0 saturated heterocycles. The quantitative estimate of drug-likeness (QED) is 0.412. The number of amides is 1. The second-order valence-corrected chi connectivity index (χ2v) is 8.33. The molecule has 0 aliphatic carbocycles. The molecule has 0 fully saturated rings. The van der Waals surface area contributed by atoms with Gasteiger partial charge in [0.05, 0.1) is 17.6 Å². The number of nitrogens with zero attached hydrogens (tertiary/aromatic N) is 6. The molecule has 3 aromatic heterocycles. The molecule has 3 heterocycles. The van der Waals surface area contributed by atoms with Crippen molar-refractivity contribution in [3.05, 3.63) is 48.4 Å². The Balaban J connectivity index is 1.43. The van der Waals surface area contributed by atoms with E-state index in [1.165, 1.54) is 11.8 Å². The second kappa shape index (κ2) is 9.31. The van der Waals surface area contributed by atoms with Crippen molar-refractivity contribution in [1.82, 2.24) is 29.3 Å². The highest BCUT2D eigenvalue weighted by Gasteiger charge is 2.16. The molecule has 9 nitrogen and oxygen atoms in total. The number of carbonyl (C=O) groups is 2. The first-order valence-corrected chi connectivity index (χ1v) is 11.1. The zero-order valence-electron chi connectivity index (χ0n) is 18.1. The standard InChI is InChI=1S/C22H23N7O2S/c1-4-29-21(16-10-18-20(23-11-16)24-13-28(18)3)26-27-22(29)32-12-19(31)25-17-7-5-15(6-8-17)9-14(2)30/h5-8,10-11,13H,4,9,12H2,1-3H3,(H,25,31).